The van der Waals surface area contributed by atoms with Crippen molar-refractivity contribution in [3.63, 3.8) is 0 Å². The zero-order chi connectivity index (χ0) is 16.0. The molecule has 0 saturated carbocycles. The van der Waals surface area contributed by atoms with Crippen molar-refractivity contribution in [1.82, 2.24) is 5.32 Å². The van der Waals surface area contributed by atoms with Gasteiger partial charge in [0.25, 0.3) is 0 Å². The minimum absolute atomic E-state index is 0.0441. The lowest BCUT2D eigenvalue weighted by Crippen LogP contribution is -2.36. The van der Waals surface area contributed by atoms with Gasteiger partial charge in [0.15, 0.2) is 0 Å². The first-order valence-corrected chi connectivity index (χ1v) is 7.32. The van der Waals surface area contributed by atoms with Crippen molar-refractivity contribution in [3.8, 4) is 0 Å². The summed E-state index contributed by atoms with van der Waals surface area (Å²) in [7, 11) is 0. The standard InChI is InChI=1S/C17H25NO3/c1-12(2)14(13-8-6-5-7-9-13)15(19)18-11-10-17(3,4)16(20)21/h5-9,12,14H,10-11H2,1-4H3,(H,18,19)(H,20,21). The summed E-state index contributed by atoms with van der Waals surface area (Å²) in [5, 5.41) is 11.9. The van der Waals surface area contributed by atoms with Crippen LogP contribution in [0.5, 0.6) is 0 Å². The summed E-state index contributed by atoms with van der Waals surface area (Å²) in [4.78, 5) is 23.4. The fraction of sp³-hybridized carbons (Fsp3) is 0.529. The number of carbonyl (C=O) groups excluding carboxylic acids is 1. The van der Waals surface area contributed by atoms with Crippen molar-refractivity contribution in [2.45, 2.75) is 40.0 Å². The molecule has 1 unspecified atom stereocenters. The van der Waals surface area contributed by atoms with E-state index in [1.165, 1.54) is 0 Å². The van der Waals surface area contributed by atoms with Crippen LogP contribution in [0.15, 0.2) is 30.3 Å². The molecule has 0 aliphatic rings. The number of aliphatic carboxylic acids is 1. The monoisotopic (exact) mass is 291 g/mol. The highest BCUT2D eigenvalue weighted by Crippen LogP contribution is 2.25. The first kappa shape index (κ1) is 17.2. The minimum Gasteiger partial charge on any atom is -0.481 e. The Labute approximate surface area is 126 Å². The van der Waals surface area contributed by atoms with Gasteiger partial charge in [0, 0.05) is 6.54 Å². The number of amides is 1. The normalized spacial score (nSPS) is 13.0. The number of nitrogens with one attached hydrogen (secondary N) is 1. The molecule has 0 fully saturated rings. The second kappa shape index (κ2) is 7.25. The zero-order valence-electron chi connectivity index (χ0n) is 13.2. The molecule has 2 N–H and O–H groups in total. The summed E-state index contributed by atoms with van der Waals surface area (Å²) in [5.41, 5.74) is 0.162. The van der Waals surface area contributed by atoms with Gasteiger partial charge in [-0.25, -0.2) is 0 Å². The minimum atomic E-state index is -0.847. The van der Waals surface area contributed by atoms with Crippen LogP contribution >= 0.6 is 0 Å². The Morgan fingerprint density at radius 3 is 2.24 bits per heavy atom. The Hall–Kier alpha value is -1.84. The van der Waals surface area contributed by atoms with Crippen LogP contribution in [0.4, 0.5) is 0 Å². The molecule has 0 aliphatic carbocycles. The van der Waals surface area contributed by atoms with Crippen molar-refractivity contribution in [2.24, 2.45) is 11.3 Å². The van der Waals surface area contributed by atoms with Crippen LogP contribution in [-0.2, 0) is 9.59 Å². The average molecular weight is 291 g/mol. The predicted molar refractivity (Wildman–Crippen MR) is 83.1 cm³/mol. The fourth-order valence-corrected chi connectivity index (χ4v) is 2.21. The molecule has 0 aliphatic heterocycles. The van der Waals surface area contributed by atoms with Crippen LogP contribution in [0.2, 0.25) is 0 Å². The highest BCUT2D eigenvalue weighted by Gasteiger charge is 2.28. The number of carboxylic acids is 1. The predicted octanol–water partition coefficient (Wildman–Crippen LogP) is 3.04. The molecule has 0 radical (unpaired) electrons. The van der Waals surface area contributed by atoms with Crippen molar-refractivity contribution in [2.75, 3.05) is 6.54 Å². The molecule has 0 saturated heterocycles. The molecule has 4 heteroatoms. The number of hydrogen-bond acceptors (Lipinski definition) is 2. The lowest BCUT2D eigenvalue weighted by Gasteiger charge is -2.23. The summed E-state index contributed by atoms with van der Waals surface area (Å²) in [6, 6.07) is 9.67. The van der Waals surface area contributed by atoms with Crippen molar-refractivity contribution in [3.05, 3.63) is 35.9 Å². The molecule has 116 valence electrons. The molecule has 1 amide bonds. The Kier molecular flexibility index (Phi) is 5.94. The van der Waals surface area contributed by atoms with E-state index in [0.29, 0.717) is 13.0 Å². The van der Waals surface area contributed by atoms with Gasteiger partial charge in [0.05, 0.1) is 11.3 Å². The topological polar surface area (TPSA) is 66.4 Å². The molecule has 1 aromatic carbocycles. The van der Waals surface area contributed by atoms with E-state index in [4.69, 9.17) is 5.11 Å². The van der Waals surface area contributed by atoms with Crippen molar-refractivity contribution in [1.29, 1.82) is 0 Å². The van der Waals surface area contributed by atoms with E-state index in [-0.39, 0.29) is 17.7 Å². The summed E-state index contributed by atoms with van der Waals surface area (Å²) in [6.07, 6.45) is 0.410. The van der Waals surface area contributed by atoms with E-state index in [9.17, 15) is 9.59 Å². The van der Waals surface area contributed by atoms with Gasteiger partial charge in [-0.15, -0.1) is 0 Å². The molecular weight excluding hydrogens is 266 g/mol. The highest BCUT2D eigenvalue weighted by atomic mass is 16.4. The van der Waals surface area contributed by atoms with E-state index in [1.807, 2.05) is 44.2 Å². The van der Waals surface area contributed by atoms with E-state index >= 15 is 0 Å². The van der Waals surface area contributed by atoms with E-state index in [1.54, 1.807) is 13.8 Å². The lowest BCUT2D eigenvalue weighted by molar-refractivity contribution is -0.147. The Morgan fingerprint density at radius 1 is 1.19 bits per heavy atom. The maximum atomic E-state index is 12.4. The molecule has 1 aromatic rings. The molecule has 1 rings (SSSR count). The second-order valence-corrected chi connectivity index (χ2v) is 6.36. The SMILES string of the molecule is CC(C)C(C(=O)NCCC(C)(C)C(=O)O)c1ccccc1. The molecule has 4 nitrogen and oxygen atoms in total. The van der Waals surface area contributed by atoms with Gasteiger partial charge >= 0.3 is 5.97 Å². The zero-order valence-corrected chi connectivity index (χ0v) is 13.2. The maximum Gasteiger partial charge on any atom is 0.309 e. The van der Waals surface area contributed by atoms with E-state index < -0.39 is 11.4 Å². The first-order valence-electron chi connectivity index (χ1n) is 7.32. The van der Waals surface area contributed by atoms with Gasteiger partial charge in [0.2, 0.25) is 5.91 Å². The summed E-state index contributed by atoms with van der Waals surface area (Å²) in [5.74, 6) is -0.920. The van der Waals surface area contributed by atoms with Gasteiger partial charge < -0.3 is 10.4 Å². The van der Waals surface area contributed by atoms with Gasteiger partial charge in [-0.1, -0.05) is 44.2 Å². The molecule has 0 heterocycles. The number of hydrogen-bond donors (Lipinski definition) is 2. The largest absolute Gasteiger partial charge is 0.481 e. The highest BCUT2D eigenvalue weighted by molar-refractivity contribution is 5.84. The molecule has 21 heavy (non-hydrogen) atoms. The lowest BCUT2D eigenvalue weighted by atomic mass is 9.87. The van der Waals surface area contributed by atoms with Gasteiger partial charge in [-0.3, -0.25) is 9.59 Å². The number of carboxylic acid groups (broad SMARTS) is 1. The summed E-state index contributed by atoms with van der Waals surface area (Å²) in [6.45, 7) is 7.72. The number of rotatable bonds is 7. The van der Waals surface area contributed by atoms with Crippen LogP contribution < -0.4 is 5.32 Å². The van der Waals surface area contributed by atoms with Crippen LogP contribution in [-0.4, -0.2) is 23.5 Å². The first-order chi connectivity index (χ1) is 9.75. The third kappa shape index (κ3) is 4.88. The third-order valence-electron chi connectivity index (χ3n) is 3.74. The molecule has 1 atom stereocenters. The Balaban J connectivity index is 2.66. The molecule has 0 aromatic heterocycles. The van der Waals surface area contributed by atoms with Crippen LogP contribution in [0.25, 0.3) is 0 Å². The van der Waals surface area contributed by atoms with Gasteiger partial charge in [-0.2, -0.15) is 0 Å². The van der Waals surface area contributed by atoms with Crippen LogP contribution in [0.1, 0.15) is 45.6 Å². The van der Waals surface area contributed by atoms with Crippen LogP contribution in [0, 0.1) is 11.3 Å². The van der Waals surface area contributed by atoms with Gasteiger partial charge in [0.1, 0.15) is 0 Å². The average Bonchev–Trinajstić information content (AvgIpc) is 2.39. The van der Waals surface area contributed by atoms with Crippen LogP contribution in [0.3, 0.4) is 0 Å². The molecular formula is C17H25NO3. The molecule has 0 spiro atoms. The van der Waals surface area contributed by atoms with Crippen molar-refractivity contribution >= 4 is 11.9 Å². The Bertz CT molecular complexity index is 480. The third-order valence-corrected chi connectivity index (χ3v) is 3.74. The molecule has 0 bridgehead atoms. The fourth-order valence-electron chi connectivity index (χ4n) is 2.21. The van der Waals surface area contributed by atoms with E-state index in [2.05, 4.69) is 5.32 Å². The smallest absolute Gasteiger partial charge is 0.309 e. The second-order valence-electron chi connectivity index (χ2n) is 6.36. The summed E-state index contributed by atoms with van der Waals surface area (Å²) < 4.78 is 0. The quantitative estimate of drug-likeness (QED) is 0.811. The number of carbonyl (C=O) groups is 2. The van der Waals surface area contributed by atoms with E-state index in [0.717, 1.165) is 5.56 Å². The number of benzene rings is 1. The van der Waals surface area contributed by atoms with Gasteiger partial charge in [-0.05, 0) is 31.7 Å². The Morgan fingerprint density at radius 2 is 1.76 bits per heavy atom. The maximum absolute atomic E-state index is 12.4. The van der Waals surface area contributed by atoms with Crippen molar-refractivity contribution < 1.29 is 14.7 Å². The summed E-state index contributed by atoms with van der Waals surface area (Å²) >= 11 is 0.